The van der Waals surface area contributed by atoms with E-state index >= 15 is 0 Å². The van der Waals surface area contributed by atoms with E-state index in [2.05, 4.69) is 27.7 Å². The molecule has 0 spiro atoms. The van der Waals surface area contributed by atoms with Crippen molar-refractivity contribution in [3.05, 3.63) is 0 Å². The van der Waals surface area contributed by atoms with E-state index in [1.54, 1.807) is 0 Å². The van der Waals surface area contributed by atoms with Crippen LogP contribution >= 0.6 is 0 Å². The van der Waals surface area contributed by atoms with Crippen molar-refractivity contribution in [3.63, 3.8) is 0 Å². The van der Waals surface area contributed by atoms with Crippen molar-refractivity contribution < 1.29 is 19.1 Å². The average molecular weight is 314 g/mol. The minimum atomic E-state index is -0.286. The van der Waals surface area contributed by atoms with E-state index in [0.29, 0.717) is 0 Å². The number of carbonyl (C=O) groups excluding carboxylic acids is 2. The molecule has 0 saturated carbocycles. The molecule has 0 aromatic carbocycles. The summed E-state index contributed by atoms with van der Waals surface area (Å²) in [6.45, 7) is 8.32. The quantitative estimate of drug-likeness (QED) is 0.459. The lowest BCUT2D eigenvalue weighted by molar-refractivity contribution is -0.156. The highest BCUT2D eigenvalue weighted by molar-refractivity contribution is 5.77. The number of carbonyl (C=O) groups is 2. The Bertz CT molecular complexity index is 259. The zero-order chi connectivity index (χ0) is 16.8. The minimum Gasteiger partial charge on any atom is -0.462 e. The topological polar surface area (TPSA) is 52.6 Å². The lowest BCUT2D eigenvalue weighted by Crippen LogP contribution is -2.21. The summed E-state index contributed by atoms with van der Waals surface area (Å²) in [6, 6.07) is 0. The van der Waals surface area contributed by atoms with Crippen LogP contribution in [-0.4, -0.2) is 24.1 Å². The largest absolute Gasteiger partial charge is 0.462 e. The molecule has 0 fully saturated rings. The summed E-state index contributed by atoms with van der Waals surface area (Å²) in [6.07, 6.45) is 7.76. The highest BCUT2D eigenvalue weighted by atomic mass is 16.5. The summed E-state index contributed by atoms with van der Waals surface area (Å²) in [5, 5.41) is 0. The Labute approximate surface area is 135 Å². The van der Waals surface area contributed by atoms with Crippen molar-refractivity contribution in [1.29, 1.82) is 0 Å². The zero-order valence-electron chi connectivity index (χ0n) is 14.9. The molecule has 0 N–H and O–H groups in total. The molecule has 22 heavy (non-hydrogen) atoms. The van der Waals surface area contributed by atoms with Crippen LogP contribution in [-0.2, 0) is 19.1 Å². The van der Waals surface area contributed by atoms with Gasteiger partial charge in [0.1, 0.15) is 12.2 Å². The van der Waals surface area contributed by atoms with Crippen LogP contribution in [0.5, 0.6) is 0 Å². The number of hydrogen-bond acceptors (Lipinski definition) is 4. The van der Waals surface area contributed by atoms with Gasteiger partial charge in [-0.25, -0.2) is 0 Å². The number of hydrogen-bond donors (Lipinski definition) is 0. The van der Waals surface area contributed by atoms with Crippen molar-refractivity contribution in [2.75, 3.05) is 0 Å². The van der Waals surface area contributed by atoms with Gasteiger partial charge in [0.2, 0.25) is 0 Å². The molecular formula is C18H34O4. The fourth-order valence-corrected chi connectivity index (χ4v) is 2.51. The van der Waals surface area contributed by atoms with Gasteiger partial charge >= 0.3 is 11.9 Å². The van der Waals surface area contributed by atoms with Gasteiger partial charge in [0, 0.05) is 0 Å². The molecule has 0 unspecified atom stereocenters. The third kappa shape index (κ3) is 10.6. The normalized spacial score (nSPS) is 11.0. The Balaban J connectivity index is 4.08. The van der Waals surface area contributed by atoms with Gasteiger partial charge in [-0.05, 0) is 25.7 Å². The van der Waals surface area contributed by atoms with E-state index in [1.165, 1.54) is 0 Å². The third-order valence-corrected chi connectivity index (χ3v) is 3.57. The van der Waals surface area contributed by atoms with Crippen LogP contribution in [0.25, 0.3) is 0 Å². The maximum Gasteiger partial charge on any atom is 0.306 e. The van der Waals surface area contributed by atoms with Crippen LogP contribution in [0.4, 0.5) is 0 Å². The van der Waals surface area contributed by atoms with Gasteiger partial charge < -0.3 is 9.47 Å². The molecule has 0 atom stereocenters. The zero-order valence-corrected chi connectivity index (χ0v) is 14.9. The fourth-order valence-electron chi connectivity index (χ4n) is 2.51. The number of rotatable bonds is 13. The molecular weight excluding hydrogens is 280 g/mol. The molecule has 0 amide bonds. The van der Waals surface area contributed by atoms with Crippen molar-refractivity contribution in [1.82, 2.24) is 0 Å². The van der Waals surface area contributed by atoms with Gasteiger partial charge in [0.15, 0.2) is 0 Å². The van der Waals surface area contributed by atoms with Crippen LogP contribution in [0.3, 0.4) is 0 Å². The molecule has 0 aromatic heterocycles. The van der Waals surface area contributed by atoms with E-state index in [0.717, 1.165) is 51.4 Å². The van der Waals surface area contributed by atoms with Crippen LogP contribution in [0, 0.1) is 0 Å². The molecule has 0 aromatic rings. The summed E-state index contributed by atoms with van der Waals surface area (Å²) in [4.78, 5) is 23.6. The Morgan fingerprint density at radius 3 is 1.14 bits per heavy atom. The Morgan fingerprint density at radius 2 is 0.909 bits per heavy atom. The second-order valence-corrected chi connectivity index (χ2v) is 5.88. The van der Waals surface area contributed by atoms with Gasteiger partial charge in [-0.3, -0.25) is 9.59 Å². The molecule has 0 aliphatic carbocycles. The van der Waals surface area contributed by atoms with Crippen molar-refractivity contribution >= 4 is 11.9 Å². The Kier molecular flexibility index (Phi) is 12.9. The van der Waals surface area contributed by atoms with Crippen molar-refractivity contribution in [3.8, 4) is 0 Å². The van der Waals surface area contributed by atoms with E-state index < -0.39 is 0 Å². The first kappa shape index (κ1) is 20.9. The minimum absolute atomic E-state index is 0.00792. The van der Waals surface area contributed by atoms with Crippen LogP contribution in [0.2, 0.25) is 0 Å². The molecule has 0 radical (unpaired) electrons. The maximum absolute atomic E-state index is 11.8. The summed E-state index contributed by atoms with van der Waals surface area (Å²) in [5.74, 6) is -0.572. The molecule has 0 aliphatic rings. The smallest absolute Gasteiger partial charge is 0.306 e. The maximum atomic E-state index is 11.8. The van der Waals surface area contributed by atoms with Gasteiger partial charge in [0.05, 0.1) is 12.8 Å². The first-order valence-electron chi connectivity index (χ1n) is 8.96. The fraction of sp³-hybridized carbons (Fsp3) is 0.889. The molecule has 4 heteroatoms. The van der Waals surface area contributed by atoms with Crippen molar-refractivity contribution in [2.24, 2.45) is 0 Å². The third-order valence-electron chi connectivity index (χ3n) is 3.57. The van der Waals surface area contributed by atoms with E-state index in [9.17, 15) is 9.59 Å². The molecule has 4 nitrogen and oxygen atoms in total. The van der Waals surface area contributed by atoms with Gasteiger partial charge in [-0.1, -0.05) is 53.4 Å². The average Bonchev–Trinajstić information content (AvgIpc) is 2.46. The SMILES string of the molecule is CCCC(CCC)OC(=O)CCC(=O)OC(CCC)CCC. The van der Waals surface area contributed by atoms with Crippen LogP contribution < -0.4 is 0 Å². The van der Waals surface area contributed by atoms with Crippen molar-refractivity contribution in [2.45, 2.75) is 104 Å². The molecule has 130 valence electrons. The highest BCUT2D eigenvalue weighted by Gasteiger charge is 2.17. The molecule has 0 bridgehead atoms. The monoisotopic (exact) mass is 314 g/mol. The van der Waals surface area contributed by atoms with E-state index in [1.807, 2.05) is 0 Å². The van der Waals surface area contributed by atoms with Crippen LogP contribution in [0.15, 0.2) is 0 Å². The van der Waals surface area contributed by atoms with Crippen LogP contribution in [0.1, 0.15) is 91.9 Å². The predicted molar refractivity (Wildman–Crippen MR) is 88.6 cm³/mol. The summed E-state index contributed by atoms with van der Waals surface area (Å²) in [5.41, 5.74) is 0. The number of esters is 2. The molecule has 0 heterocycles. The second-order valence-electron chi connectivity index (χ2n) is 5.88. The summed E-state index contributed by atoms with van der Waals surface area (Å²) < 4.78 is 10.9. The highest BCUT2D eigenvalue weighted by Crippen LogP contribution is 2.13. The van der Waals surface area contributed by atoms with E-state index in [-0.39, 0.29) is 37.0 Å². The first-order valence-corrected chi connectivity index (χ1v) is 8.96. The standard InChI is InChI=1S/C18H34O4/c1-5-9-15(10-6-2)21-17(19)13-14-18(20)22-16(11-7-3)12-8-4/h15-16H,5-14H2,1-4H3. The summed E-state index contributed by atoms with van der Waals surface area (Å²) in [7, 11) is 0. The number of ether oxygens (including phenoxy) is 2. The second kappa shape index (κ2) is 13.6. The first-order chi connectivity index (χ1) is 10.6. The van der Waals surface area contributed by atoms with E-state index in [4.69, 9.17) is 9.47 Å². The van der Waals surface area contributed by atoms with Gasteiger partial charge in [-0.15, -0.1) is 0 Å². The molecule has 0 saturated heterocycles. The van der Waals surface area contributed by atoms with Gasteiger partial charge in [-0.2, -0.15) is 0 Å². The predicted octanol–water partition coefficient (Wildman–Crippen LogP) is 4.79. The Morgan fingerprint density at radius 1 is 0.636 bits per heavy atom. The molecule has 0 aliphatic heterocycles. The lowest BCUT2D eigenvalue weighted by atomic mass is 10.1. The summed E-state index contributed by atoms with van der Waals surface area (Å²) >= 11 is 0. The van der Waals surface area contributed by atoms with Gasteiger partial charge in [0.25, 0.3) is 0 Å². The molecule has 0 rings (SSSR count). The Hall–Kier alpha value is -1.06. The lowest BCUT2D eigenvalue weighted by Gasteiger charge is -2.18.